The number of hydrogen-bond donors (Lipinski definition) is 3. The van der Waals surface area contributed by atoms with Gasteiger partial charge in [-0.05, 0) is 132 Å². The van der Waals surface area contributed by atoms with Crippen LogP contribution in [0.2, 0.25) is 0 Å². The van der Waals surface area contributed by atoms with E-state index in [-0.39, 0.29) is 61.0 Å². The molecule has 1 saturated carbocycles. The number of ketones is 2. The Balaban J connectivity index is 1.45. The van der Waals surface area contributed by atoms with Crippen LogP contribution in [-0.2, 0) is 38.1 Å². The topological polar surface area (TPSA) is 178 Å². The van der Waals surface area contributed by atoms with E-state index < -0.39 is 72.0 Å². The number of cyclic esters (lactones) is 1. The molecule has 4 aliphatic rings. The molecule has 3 heterocycles. The van der Waals surface area contributed by atoms with Crippen LogP contribution in [0.4, 0.5) is 0 Å². The minimum absolute atomic E-state index is 0.0461. The van der Waals surface area contributed by atoms with Crippen LogP contribution in [0.25, 0.3) is 0 Å². The van der Waals surface area contributed by atoms with Crippen LogP contribution in [-0.4, -0.2) is 113 Å². The standard InChI is InChI=1S/C48H71NO12/c1-9-34-23-28(2)22-29(3)24-41(57-7)44-42(58-8)26-32(6)48(56,61-44)45(53)46(54)49-21-11-10-12-37(49)47(55)60-43(30(4)13-19-38(34)51)31(5)25-33-14-20-40(39(52)27-33)59-36-17-15-35(50)16-18-36/h15-18,23,25,29-30,32-34,37,39-44,50,52,56H,9-14,19-22,24,26-27H2,1-8H3/b28-23+,31-25?. The highest BCUT2D eigenvalue weighted by molar-refractivity contribution is 6.39. The number of aromatic hydroxyl groups is 1. The number of hydrogen-bond acceptors (Lipinski definition) is 12. The van der Waals surface area contributed by atoms with Gasteiger partial charge >= 0.3 is 5.97 Å². The fourth-order valence-electron chi connectivity index (χ4n) is 9.99. The van der Waals surface area contributed by atoms with Crippen molar-refractivity contribution >= 4 is 23.4 Å². The van der Waals surface area contributed by atoms with Gasteiger partial charge < -0.3 is 43.9 Å². The number of amides is 1. The molecular weight excluding hydrogens is 783 g/mol. The molecule has 13 atom stereocenters. The summed E-state index contributed by atoms with van der Waals surface area (Å²) in [5, 5.41) is 32.9. The van der Waals surface area contributed by atoms with Crippen molar-refractivity contribution in [3.05, 3.63) is 47.6 Å². The van der Waals surface area contributed by atoms with Crippen LogP contribution in [0.5, 0.6) is 11.5 Å². The smallest absolute Gasteiger partial charge is 0.329 e. The number of allylic oxidation sites excluding steroid dienone is 3. The molecule has 61 heavy (non-hydrogen) atoms. The summed E-state index contributed by atoms with van der Waals surface area (Å²) in [6.07, 6.45) is 6.12. The van der Waals surface area contributed by atoms with Gasteiger partial charge in [0, 0.05) is 39.0 Å². The molecule has 1 amide bonds. The lowest BCUT2D eigenvalue weighted by atomic mass is 9.82. The molecule has 2 bridgehead atoms. The number of carbonyl (C=O) groups excluding carboxylic acids is 4. The maximum Gasteiger partial charge on any atom is 0.329 e. The summed E-state index contributed by atoms with van der Waals surface area (Å²) < 4.78 is 30.5. The molecule has 13 heteroatoms. The summed E-state index contributed by atoms with van der Waals surface area (Å²) in [6, 6.07) is 5.32. The van der Waals surface area contributed by atoms with Gasteiger partial charge in [0.15, 0.2) is 0 Å². The molecule has 0 aromatic heterocycles. The number of methoxy groups -OCH3 is 2. The van der Waals surface area contributed by atoms with Gasteiger partial charge in [-0.3, -0.25) is 14.4 Å². The summed E-state index contributed by atoms with van der Waals surface area (Å²) in [5.41, 5.74) is 1.83. The molecule has 13 unspecified atom stereocenters. The van der Waals surface area contributed by atoms with Crippen molar-refractivity contribution in [2.24, 2.45) is 29.6 Å². The van der Waals surface area contributed by atoms with E-state index in [1.54, 1.807) is 33.3 Å². The van der Waals surface area contributed by atoms with Crippen LogP contribution < -0.4 is 4.74 Å². The van der Waals surface area contributed by atoms with Crippen molar-refractivity contribution in [2.75, 3.05) is 20.8 Å². The van der Waals surface area contributed by atoms with Gasteiger partial charge in [-0.2, -0.15) is 0 Å². The predicted octanol–water partition coefficient (Wildman–Crippen LogP) is 6.64. The number of aliphatic hydroxyl groups excluding tert-OH is 1. The molecule has 13 nitrogen and oxygen atoms in total. The van der Waals surface area contributed by atoms with Crippen molar-refractivity contribution < 1.29 is 58.2 Å². The first-order chi connectivity index (χ1) is 29.0. The molecule has 1 aromatic rings. The number of rotatable bonds is 7. The molecule has 5 rings (SSSR count). The first-order valence-corrected chi connectivity index (χ1v) is 22.5. The Hall–Kier alpha value is -3.62. The molecule has 0 spiro atoms. The highest BCUT2D eigenvalue weighted by Gasteiger charge is 2.56. The average molecular weight is 854 g/mol. The fourth-order valence-corrected chi connectivity index (χ4v) is 9.99. The zero-order chi connectivity index (χ0) is 44.6. The van der Waals surface area contributed by atoms with E-state index in [0.29, 0.717) is 63.5 Å². The minimum atomic E-state index is -2.49. The highest BCUT2D eigenvalue weighted by Crippen LogP contribution is 2.39. The SMILES string of the molecule is CCC1/C=C(\C)CC(C)CC(OC)C2OC(O)(C(=O)C(=O)N3CCCCC3C(=O)OC(C(C)=CC3CCC(Oc4ccc(O)cc4)C(O)C3)C(C)CCC1=O)C(C)CC2OC. The van der Waals surface area contributed by atoms with Crippen molar-refractivity contribution in [1.82, 2.24) is 4.90 Å². The molecule has 340 valence electrons. The van der Waals surface area contributed by atoms with Crippen molar-refractivity contribution in [3.8, 4) is 11.5 Å². The lowest BCUT2D eigenvalue weighted by molar-refractivity contribution is -0.302. The van der Waals surface area contributed by atoms with Gasteiger partial charge in [0.05, 0.1) is 18.3 Å². The Bertz CT molecular complexity index is 1730. The summed E-state index contributed by atoms with van der Waals surface area (Å²) in [6.45, 7) is 11.7. The number of piperidine rings is 1. The number of carbonyl (C=O) groups is 4. The Morgan fingerprint density at radius 3 is 2.28 bits per heavy atom. The van der Waals surface area contributed by atoms with E-state index in [4.69, 9.17) is 23.7 Å². The number of phenolic OH excluding ortho intramolecular Hbond substituents is 1. The quantitative estimate of drug-likeness (QED) is 0.152. The van der Waals surface area contributed by atoms with Crippen molar-refractivity contribution in [1.29, 1.82) is 0 Å². The van der Waals surface area contributed by atoms with Gasteiger partial charge in [0.25, 0.3) is 11.7 Å². The normalized spacial score (nSPS) is 37.8. The molecule has 3 fully saturated rings. The van der Waals surface area contributed by atoms with E-state index in [9.17, 15) is 34.5 Å². The first kappa shape index (κ1) is 48.4. The average Bonchev–Trinajstić information content (AvgIpc) is 3.24. The van der Waals surface area contributed by atoms with E-state index in [1.807, 2.05) is 33.8 Å². The lowest BCUT2D eigenvalue weighted by Crippen LogP contribution is -2.64. The third kappa shape index (κ3) is 11.9. The molecule has 1 aromatic carbocycles. The van der Waals surface area contributed by atoms with E-state index in [0.717, 1.165) is 11.1 Å². The number of benzene rings is 1. The molecular formula is C48H71NO12. The van der Waals surface area contributed by atoms with Gasteiger partial charge in [-0.1, -0.05) is 45.4 Å². The number of Topliss-reactive ketones (excluding diaryl/α,β-unsaturated/α-hetero) is 2. The Kier molecular flexibility index (Phi) is 17.2. The summed E-state index contributed by atoms with van der Waals surface area (Å²) in [5.74, 6) is -5.85. The van der Waals surface area contributed by atoms with E-state index in [1.165, 1.54) is 17.0 Å². The fraction of sp³-hybridized carbons (Fsp3) is 0.708. The highest BCUT2D eigenvalue weighted by atomic mass is 16.7. The molecule has 3 aliphatic heterocycles. The second-order valence-corrected chi connectivity index (χ2v) is 18.4. The molecule has 1 aliphatic carbocycles. The summed E-state index contributed by atoms with van der Waals surface area (Å²) >= 11 is 0. The predicted molar refractivity (Wildman–Crippen MR) is 228 cm³/mol. The largest absolute Gasteiger partial charge is 0.508 e. The number of nitrogens with zero attached hydrogens (tertiary/aromatic N) is 1. The maximum absolute atomic E-state index is 14.4. The van der Waals surface area contributed by atoms with E-state index in [2.05, 4.69) is 13.0 Å². The second kappa shape index (κ2) is 21.6. The van der Waals surface area contributed by atoms with Crippen LogP contribution in [0.15, 0.2) is 47.6 Å². The number of aliphatic hydroxyl groups is 2. The van der Waals surface area contributed by atoms with Crippen LogP contribution in [0, 0.1) is 29.6 Å². The zero-order valence-corrected chi connectivity index (χ0v) is 37.5. The minimum Gasteiger partial charge on any atom is -0.508 e. The van der Waals surface area contributed by atoms with Gasteiger partial charge in [-0.15, -0.1) is 0 Å². The van der Waals surface area contributed by atoms with E-state index >= 15 is 0 Å². The van der Waals surface area contributed by atoms with Crippen LogP contribution >= 0.6 is 0 Å². The maximum atomic E-state index is 14.4. The van der Waals surface area contributed by atoms with Crippen molar-refractivity contribution in [3.63, 3.8) is 0 Å². The number of ether oxygens (including phenoxy) is 5. The number of fused-ring (bicyclic) bond motifs is 3. The van der Waals surface area contributed by atoms with Gasteiger partial charge in [-0.25, -0.2) is 4.79 Å². The summed E-state index contributed by atoms with van der Waals surface area (Å²) in [4.78, 5) is 58.0. The van der Waals surface area contributed by atoms with Crippen LogP contribution in [0.3, 0.4) is 0 Å². The Labute approximate surface area is 362 Å². The molecule has 0 radical (unpaired) electrons. The molecule has 2 saturated heterocycles. The zero-order valence-electron chi connectivity index (χ0n) is 37.5. The molecule has 3 N–H and O–H groups in total. The van der Waals surface area contributed by atoms with Crippen LogP contribution in [0.1, 0.15) is 119 Å². The van der Waals surface area contributed by atoms with Crippen molar-refractivity contribution in [2.45, 2.75) is 167 Å². The van der Waals surface area contributed by atoms with Gasteiger partial charge in [0.1, 0.15) is 41.6 Å². The third-order valence-electron chi connectivity index (χ3n) is 13.6. The Morgan fingerprint density at radius 1 is 0.934 bits per heavy atom. The monoisotopic (exact) mass is 853 g/mol. The Morgan fingerprint density at radius 2 is 1.62 bits per heavy atom. The summed E-state index contributed by atoms with van der Waals surface area (Å²) in [7, 11) is 3.09. The number of phenols is 1. The first-order valence-electron chi connectivity index (χ1n) is 22.5. The number of esters is 1. The lowest BCUT2D eigenvalue weighted by Gasteiger charge is -2.47. The third-order valence-corrected chi connectivity index (χ3v) is 13.6. The second-order valence-electron chi connectivity index (χ2n) is 18.4. The van der Waals surface area contributed by atoms with Gasteiger partial charge in [0.2, 0.25) is 5.79 Å².